The monoisotopic (exact) mass is 946 g/mol. The van der Waals surface area contributed by atoms with Gasteiger partial charge in [-0.15, -0.1) is 0 Å². The van der Waals surface area contributed by atoms with Crippen molar-refractivity contribution >= 4 is 88.8 Å². The average Bonchev–Trinajstić information content (AvgIpc) is 4.09. The van der Waals surface area contributed by atoms with Crippen LogP contribution in [0.25, 0.3) is 99.2 Å². The fourth-order valence-corrected chi connectivity index (χ4v) is 11.1. The summed E-state index contributed by atoms with van der Waals surface area (Å²) in [4.78, 5) is 4.97. The normalized spacial score (nSPS) is 11.5. The van der Waals surface area contributed by atoms with Gasteiger partial charge in [0.15, 0.2) is 0 Å². The van der Waals surface area contributed by atoms with Crippen LogP contribution in [0.1, 0.15) is 0 Å². The quantitative estimate of drug-likeness (QED) is 0.137. The molecule has 0 atom stereocenters. The van der Waals surface area contributed by atoms with E-state index < -0.39 is 0 Å². The van der Waals surface area contributed by atoms with E-state index in [1.54, 1.807) is 0 Å². The van der Waals surface area contributed by atoms with E-state index >= 15 is 0 Å². The van der Waals surface area contributed by atoms with Crippen molar-refractivity contribution in [3.63, 3.8) is 0 Å². The molecule has 14 aromatic rings. The summed E-state index contributed by atoms with van der Waals surface area (Å²) in [5.74, 6) is 0. The first kappa shape index (κ1) is 42.9. The first-order valence-electron chi connectivity index (χ1n) is 25.2. The summed E-state index contributed by atoms with van der Waals surface area (Å²) < 4.78 is 13.4. The molecule has 0 saturated carbocycles. The molecule has 4 nitrogen and oxygen atoms in total. The lowest BCUT2D eigenvalue weighted by molar-refractivity contribution is 0.668. The van der Waals surface area contributed by atoms with Crippen molar-refractivity contribution in [2.24, 2.45) is 0 Å². The number of nitrogens with zero attached hydrogens (tertiary/aromatic N) is 2. The Morgan fingerprint density at radius 1 is 0.216 bits per heavy atom. The van der Waals surface area contributed by atoms with Crippen LogP contribution in [0, 0.1) is 0 Å². The summed E-state index contributed by atoms with van der Waals surface area (Å²) in [6, 6.07) is 100.0. The Hall–Kier alpha value is -9.90. The minimum absolute atomic E-state index is 0.824. The second-order valence-electron chi connectivity index (χ2n) is 18.8. The standard InChI is InChI=1S/C70H46N2O2/c1-5-23-47(24-6-1)51-43-52-44-57(50-29-11-4-12-30-50)64(72(60-36-18-14-32-54(60)49-27-9-3-10-28-49)62-38-22-42-68-70(62)56-34-16-20-40-66(56)74-68)46-58(52)63(45-51)71(59-35-17-13-31-53(59)48-25-7-2-8-26-48)61-37-21-41-67-69(61)55-33-15-19-39-65(55)73-67/h1-46H. The van der Waals surface area contributed by atoms with E-state index in [4.69, 9.17) is 8.83 Å². The topological polar surface area (TPSA) is 32.8 Å². The third-order valence-electron chi connectivity index (χ3n) is 14.4. The van der Waals surface area contributed by atoms with Crippen LogP contribution in [0.4, 0.5) is 34.1 Å². The van der Waals surface area contributed by atoms with Gasteiger partial charge in [0, 0.05) is 32.8 Å². The SMILES string of the molecule is c1ccc(-c2cc(N(c3ccccc3-c3ccccc3)c3cccc4oc5ccccc5c34)c3cc(N(c4ccccc4-c4ccccc4)c4cccc5oc6ccccc6c45)c(-c4ccccc4)cc3c2)cc1. The molecule has 0 amide bonds. The molecule has 348 valence electrons. The largest absolute Gasteiger partial charge is 0.456 e. The lowest BCUT2D eigenvalue weighted by atomic mass is 9.92. The van der Waals surface area contributed by atoms with Gasteiger partial charge in [-0.1, -0.05) is 206 Å². The highest BCUT2D eigenvalue weighted by molar-refractivity contribution is 6.18. The van der Waals surface area contributed by atoms with Gasteiger partial charge in [-0.2, -0.15) is 0 Å². The summed E-state index contributed by atoms with van der Waals surface area (Å²) >= 11 is 0. The van der Waals surface area contributed by atoms with E-state index in [1.807, 2.05) is 12.1 Å². The zero-order chi connectivity index (χ0) is 49.0. The van der Waals surface area contributed by atoms with Gasteiger partial charge in [0.1, 0.15) is 22.3 Å². The molecule has 0 radical (unpaired) electrons. The highest BCUT2D eigenvalue weighted by Crippen LogP contribution is 2.53. The zero-order valence-corrected chi connectivity index (χ0v) is 40.3. The average molecular weight is 947 g/mol. The van der Waals surface area contributed by atoms with E-state index in [0.29, 0.717) is 0 Å². The van der Waals surface area contributed by atoms with E-state index in [2.05, 4.69) is 277 Å². The van der Waals surface area contributed by atoms with Crippen LogP contribution in [0.2, 0.25) is 0 Å². The maximum atomic E-state index is 6.69. The summed E-state index contributed by atoms with van der Waals surface area (Å²) in [6.45, 7) is 0. The second kappa shape index (κ2) is 18.1. The fourth-order valence-electron chi connectivity index (χ4n) is 11.1. The van der Waals surface area contributed by atoms with Gasteiger partial charge in [0.05, 0.1) is 44.9 Å². The van der Waals surface area contributed by atoms with E-state index in [9.17, 15) is 0 Å². The zero-order valence-electron chi connectivity index (χ0n) is 40.3. The first-order valence-corrected chi connectivity index (χ1v) is 25.2. The predicted molar refractivity (Wildman–Crippen MR) is 310 cm³/mol. The number of hydrogen-bond acceptors (Lipinski definition) is 4. The van der Waals surface area contributed by atoms with E-state index in [1.165, 1.54) is 0 Å². The Labute approximate surface area is 428 Å². The molecular weight excluding hydrogens is 901 g/mol. The second-order valence-corrected chi connectivity index (χ2v) is 18.8. The number of furan rings is 2. The summed E-state index contributed by atoms with van der Waals surface area (Å²) in [7, 11) is 0. The van der Waals surface area contributed by atoms with Crippen molar-refractivity contribution < 1.29 is 8.83 Å². The maximum absolute atomic E-state index is 6.69. The van der Waals surface area contributed by atoms with Crippen LogP contribution in [0.15, 0.2) is 288 Å². The van der Waals surface area contributed by atoms with Crippen molar-refractivity contribution in [1.29, 1.82) is 0 Å². The van der Waals surface area contributed by atoms with Gasteiger partial charge in [0.25, 0.3) is 0 Å². The molecule has 0 fully saturated rings. The Kier molecular flexibility index (Phi) is 10.5. The summed E-state index contributed by atoms with van der Waals surface area (Å²) in [5, 5.41) is 6.36. The van der Waals surface area contributed by atoms with Gasteiger partial charge < -0.3 is 18.6 Å². The lowest BCUT2D eigenvalue weighted by Crippen LogP contribution is -2.14. The summed E-state index contributed by atoms with van der Waals surface area (Å²) in [5.41, 5.74) is 18.3. The molecule has 0 aliphatic carbocycles. The molecule has 0 spiro atoms. The minimum atomic E-state index is 0.824. The van der Waals surface area contributed by atoms with Gasteiger partial charge in [0.2, 0.25) is 0 Å². The van der Waals surface area contributed by atoms with Crippen molar-refractivity contribution in [1.82, 2.24) is 0 Å². The third-order valence-corrected chi connectivity index (χ3v) is 14.4. The fraction of sp³-hybridized carbons (Fsp3) is 0. The maximum Gasteiger partial charge on any atom is 0.137 e. The molecule has 0 aliphatic heterocycles. The molecule has 14 rings (SSSR count). The lowest BCUT2D eigenvalue weighted by Gasteiger charge is -2.33. The van der Waals surface area contributed by atoms with E-state index in [0.717, 1.165) is 133 Å². The van der Waals surface area contributed by atoms with Crippen LogP contribution in [-0.4, -0.2) is 0 Å². The van der Waals surface area contributed by atoms with Crippen LogP contribution < -0.4 is 9.80 Å². The summed E-state index contributed by atoms with van der Waals surface area (Å²) in [6.07, 6.45) is 0. The van der Waals surface area contributed by atoms with Gasteiger partial charge in [-0.25, -0.2) is 0 Å². The van der Waals surface area contributed by atoms with Crippen molar-refractivity contribution in [3.8, 4) is 44.5 Å². The van der Waals surface area contributed by atoms with Gasteiger partial charge >= 0.3 is 0 Å². The van der Waals surface area contributed by atoms with Crippen LogP contribution in [0.3, 0.4) is 0 Å². The van der Waals surface area contributed by atoms with E-state index in [-0.39, 0.29) is 0 Å². The smallest absolute Gasteiger partial charge is 0.137 e. The molecule has 2 heterocycles. The predicted octanol–water partition coefficient (Wildman–Crippen LogP) is 20.2. The molecule has 2 aromatic heterocycles. The van der Waals surface area contributed by atoms with Crippen molar-refractivity contribution in [2.45, 2.75) is 0 Å². The molecule has 4 heteroatoms. The molecule has 0 N–H and O–H groups in total. The molecule has 0 aliphatic rings. The Morgan fingerprint density at radius 2 is 0.608 bits per heavy atom. The molecular formula is C70H46N2O2. The van der Waals surface area contributed by atoms with Gasteiger partial charge in [-0.05, 0) is 106 Å². The molecule has 12 aromatic carbocycles. The number of rotatable bonds is 10. The number of benzene rings is 12. The molecule has 0 bridgehead atoms. The molecule has 0 saturated heterocycles. The first-order chi connectivity index (χ1) is 36.7. The van der Waals surface area contributed by atoms with Crippen molar-refractivity contribution in [2.75, 3.05) is 9.80 Å². The highest BCUT2D eigenvalue weighted by atomic mass is 16.3. The molecule has 74 heavy (non-hydrogen) atoms. The van der Waals surface area contributed by atoms with Crippen molar-refractivity contribution in [3.05, 3.63) is 279 Å². The highest BCUT2D eigenvalue weighted by Gasteiger charge is 2.28. The number of para-hydroxylation sites is 4. The van der Waals surface area contributed by atoms with Crippen LogP contribution in [-0.2, 0) is 0 Å². The molecule has 0 unspecified atom stereocenters. The van der Waals surface area contributed by atoms with Gasteiger partial charge in [-0.3, -0.25) is 0 Å². The Balaban J connectivity index is 1.16. The number of anilines is 6. The Bertz CT molecular complexity index is 4370. The number of hydrogen-bond donors (Lipinski definition) is 0. The third kappa shape index (κ3) is 7.31. The number of fused-ring (bicyclic) bond motifs is 7. The van der Waals surface area contributed by atoms with Crippen LogP contribution in [0.5, 0.6) is 0 Å². The minimum Gasteiger partial charge on any atom is -0.456 e. The van der Waals surface area contributed by atoms with Crippen LogP contribution >= 0.6 is 0 Å². The Morgan fingerprint density at radius 3 is 1.12 bits per heavy atom.